The van der Waals surface area contributed by atoms with Crippen molar-refractivity contribution in [2.45, 2.75) is 19.3 Å². The third-order valence-electron chi connectivity index (χ3n) is 11.5. The Morgan fingerprint density at radius 2 is 0.961 bits per heavy atom. The maximum atomic E-state index is 2.48. The summed E-state index contributed by atoms with van der Waals surface area (Å²) in [7, 11) is 0. The van der Waals surface area contributed by atoms with Crippen molar-refractivity contribution < 1.29 is 0 Å². The molecule has 2 heteroatoms. The number of benzene rings is 8. The first-order valence-electron chi connectivity index (χ1n) is 17.9. The minimum absolute atomic E-state index is 0.0791. The van der Waals surface area contributed by atoms with Crippen LogP contribution in [0.4, 0.5) is 0 Å². The van der Waals surface area contributed by atoms with Crippen molar-refractivity contribution in [3.05, 3.63) is 181 Å². The van der Waals surface area contributed by atoms with Gasteiger partial charge in [0.15, 0.2) is 0 Å². The van der Waals surface area contributed by atoms with Gasteiger partial charge in [0.1, 0.15) is 0 Å². The van der Waals surface area contributed by atoms with Crippen LogP contribution in [0.15, 0.2) is 170 Å². The van der Waals surface area contributed by atoms with Gasteiger partial charge in [0.25, 0.3) is 0 Å². The molecule has 51 heavy (non-hydrogen) atoms. The average molecular weight is 651 g/mol. The fourth-order valence-corrected chi connectivity index (χ4v) is 8.99. The van der Waals surface area contributed by atoms with Gasteiger partial charge in [-0.25, -0.2) is 0 Å². The third-order valence-corrected chi connectivity index (χ3v) is 11.5. The van der Waals surface area contributed by atoms with Crippen molar-refractivity contribution in [1.29, 1.82) is 0 Å². The van der Waals surface area contributed by atoms with E-state index < -0.39 is 0 Å². The van der Waals surface area contributed by atoms with Crippen LogP contribution in [-0.4, -0.2) is 9.13 Å². The molecule has 0 fully saturated rings. The van der Waals surface area contributed by atoms with E-state index in [1.807, 2.05) is 0 Å². The van der Waals surface area contributed by atoms with E-state index in [0.29, 0.717) is 0 Å². The number of aromatic nitrogens is 2. The van der Waals surface area contributed by atoms with Crippen molar-refractivity contribution in [3.8, 4) is 33.6 Å². The zero-order valence-electron chi connectivity index (χ0n) is 28.6. The van der Waals surface area contributed by atoms with Crippen molar-refractivity contribution in [3.63, 3.8) is 0 Å². The smallest absolute Gasteiger partial charge is 0.0544 e. The maximum Gasteiger partial charge on any atom is 0.0544 e. The molecule has 2 aromatic heterocycles. The van der Waals surface area contributed by atoms with Crippen LogP contribution < -0.4 is 0 Å². The van der Waals surface area contributed by atoms with Crippen LogP contribution in [0.25, 0.3) is 88.0 Å². The Morgan fingerprint density at radius 1 is 0.353 bits per heavy atom. The van der Waals surface area contributed by atoms with E-state index in [-0.39, 0.29) is 5.41 Å². The molecule has 0 N–H and O–H groups in total. The molecule has 0 amide bonds. The molecule has 0 spiro atoms. The summed E-state index contributed by atoms with van der Waals surface area (Å²) < 4.78 is 4.87. The molecule has 0 unspecified atom stereocenters. The minimum atomic E-state index is -0.0791. The highest BCUT2D eigenvalue weighted by Gasteiger charge is 2.36. The number of fused-ring (bicyclic) bond motifs is 10. The molecule has 1 aliphatic carbocycles. The topological polar surface area (TPSA) is 9.86 Å². The van der Waals surface area contributed by atoms with Crippen LogP contribution >= 0.6 is 0 Å². The average Bonchev–Trinajstić information content (AvgIpc) is 3.76. The van der Waals surface area contributed by atoms with Crippen molar-refractivity contribution >= 4 is 54.4 Å². The predicted octanol–water partition coefficient (Wildman–Crippen LogP) is 13.0. The molecule has 10 aromatic rings. The Balaban J connectivity index is 1.17. The summed E-state index contributed by atoms with van der Waals surface area (Å²) in [5.41, 5.74) is 15.1. The molecule has 0 atom stereocenters. The first-order chi connectivity index (χ1) is 25.0. The van der Waals surface area contributed by atoms with E-state index in [9.17, 15) is 0 Å². The Bertz CT molecular complexity index is 3040. The molecule has 0 bridgehead atoms. The number of rotatable bonds is 3. The zero-order valence-corrected chi connectivity index (χ0v) is 28.6. The summed E-state index contributed by atoms with van der Waals surface area (Å²) in [5, 5.41) is 7.59. The van der Waals surface area contributed by atoms with Gasteiger partial charge in [-0.1, -0.05) is 117 Å². The summed E-state index contributed by atoms with van der Waals surface area (Å²) in [6.07, 6.45) is 0. The van der Waals surface area contributed by atoms with Gasteiger partial charge in [0, 0.05) is 38.3 Å². The summed E-state index contributed by atoms with van der Waals surface area (Å²) in [5.74, 6) is 0. The fraction of sp³-hybridized carbons (Fsp3) is 0.0612. The standard InChI is InChI=1S/C49H34N2/c1-49(2)43-18-10-8-16-37(43)39-29-42-41-28-34(22-25-47(41)51(48(42)30-44(39)49)36-23-20-31-12-6-7-13-32(31)26-36)33-21-24-46-40(27-33)38-17-9-11-19-45(38)50(46)35-14-4-3-5-15-35/h3-30H,1-2H3. The van der Waals surface area contributed by atoms with E-state index >= 15 is 0 Å². The lowest BCUT2D eigenvalue weighted by Gasteiger charge is -2.21. The van der Waals surface area contributed by atoms with Gasteiger partial charge >= 0.3 is 0 Å². The van der Waals surface area contributed by atoms with Crippen molar-refractivity contribution in [2.75, 3.05) is 0 Å². The summed E-state index contributed by atoms with van der Waals surface area (Å²) in [4.78, 5) is 0. The second-order valence-corrected chi connectivity index (χ2v) is 14.6. The molecule has 11 rings (SSSR count). The van der Waals surface area contributed by atoms with Gasteiger partial charge in [-0.3, -0.25) is 0 Å². The number of para-hydroxylation sites is 2. The monoisotopic (exact) mass is 650 g/mol. The SMILES string of the molecule is CC1(C)c2ccccc2-c2cc3c4cc(-c5ccc6c(c5)c5ccccc5n6-c5ccccc5)ccc4n(-c4ccc5ccccc5c4)c3cc21. The zero-order chi connectivity index (χ0) is 33.8. The Hall–Kier alpha value is -6.38. The highest BCUT2D eigenvalue weighted by atomic mass is 15.0. The lowest BCUT2D eigenvalue weighted by molar-refractivity contribution is 0.661. The predicted molar refractivity (Wildman–Crippen MR) is 216 cm³/mol. The number of hydrogen-bond donors (Lipinski definition) is 0. The molecule has 0 aliphatic heterocycles. The van der Waals surface area contributed by atoms with Gasteiger partial charge in [-0.2, -0.15) is 0 Å². The summed E-state index contributed by atoms with van der Waals surface area (Å²) in [6.45, 7) is 4.74. The van der Waals surface area contributed by atoms with E-state index in [4.69, 9.17) is 0 Å². The van der Waals surface area contributed by atoms with Crippen LogP contribution in [0.2, 0.25) is 0 Å². The lowest BCUT2D eigenvalue weighted by atomic mass is 9.82. The Kier molecular flexibility index (Phi) is 5.76. The molecule has 1 aliphatic rings. The number of hydrogen-bond acceptors (Lipinski definition) is 0. The first kappa shape index (κ1) is 28.5. The molecule has 2 nitrogen and oxygen atoms in total. The third kappa shape index (κ3) is 3.99. The molecule has 240 valence electrons. The van der Waals surface area contributed by atoms with Gasteiger partial charge < -0.3 is 9.13 Å². The van der Waals surface area contributed by atoms with Gasteiger partial charge in [-0.15, -0.1) is 0 Å². The van der Waals surface area contributed by atoms with Crippen LogP contribution in [0.3, 0.4) is 0 Å². The summed E-state index contributed by atoms with van der Waals surface area (Å²) >= 11 is 0. The lowest BCUT2D eigenvalue weighted by Crippen LogP contribution is -2.14. The largest absolute Gasteiger partial charge is 0.309 e. The normalized spacial score (nSPS) is 13.5. The molecule has 8 aromatic carbocycles. The number of nitrogens with zero attached hydrogens (tertiary/aromatic N) is 2. The Morgan fingerprint density at radius 3 is 1.76 bits per heavy atom. The van der Waals surface area contributed by atoms with Crippen molar-refractivity contribution in [1.82, 2.24) is 9.13 Å². The second kappa shape index (κ2) is 10.3. The molecular formula is C49H34N2. The van der Waals surface area contributed by atoms with Gasteiger partial charge in [0.05, 0.1) is 22.1 Å². The van der Waals surface area contributed by atoms with E-state index in [0.717, 1.165) is 0 Å². The molecule has 0 saturated heterocycles. The molecule has 2 heterocycles. The molecule has 0 saturated carbocycles. The van der Waals surface area contributed by atoms with Gasteiger partial charge in [-0.05, 0) is 111 Å². The maximum absolute atomic E-state index is 2.48. The van der Waals surface area contributed by atoms with E-state index in [1.165, 1.54) is 99.1 Å². The van der Waals surface area contributed by atoms with Crippen LogP contribution in [0.5, 0.6) is 0 Å². The van der Waals surface area contributed by atoms with Crippen LogP contribution in [-0.2, 0) is 5.41 Å². The van der Waals surface area contributed by atoms with Crippen LogP contribution in [0.1, 0.15) is 25.0 Å². The van der Waals surface area contributed by atoms with E-state index in [2.05, 4.69) is 193 Å². The quantitative estimate of drug-likeness (QED) is 0.180. The highest BCUT2D eigenvalue weighted by molar-refractivity contribution is 6.14. The van der Waals surface area contributed by atoms with E-state index in [1.54, 1.807) is 0 Å². The molecular weight excluding hydrogens is 617 g/mol. The van der Waals surface area contributed by atoms with Crippen LogP contribution in [0, 0.1) is 0 Å². The van der Waals surface area contributed by atoms with Crippen molar-refractivity contribution in [2.24, 2.45) is 0 Å². The highest BCUT2D eigenvalue weighted by Crippen LogP contribution is 2.51. The second-order valence-electron chi connectivity index (χ2n) is 14.6. The minimum Gasteiger partial charge on any atom is -0.309 e. The molecule has 0 radical (unpaired) electrons. The van der Waals surface area contributed by atoms with Gasteiger partial charge in [0.2, 0.25) is 0 Å². The Labute approximate surface area is 296 Å². The first-order valence-corrected chi connectivity index (χ1v) is 17.9. The fourth-order valence-electron chi connectivity index (χ4n) is 8.99. The summed E-state index contributed by atoms with van der Waals surface area (Å²) in [6, 6.07) is 62.9.